The predicted molar refractivity (Wildman–Crippen MR) is 382 cm³/mol. The van der Waals surface area contributed by atoms with E-state index in [1.165, 1.54) is 111 Å². The molecule has 13 amide bonds. The van der Waals surface area contributed by atoms with Crippen molar-refractivity contribution in [2.75, 3.05) is 89.6 Å². The van der Waals surface area contributed by atoms with Crippen LogP contribution in [0.15, 0.2) is 18.2 Å². The van der Waals surface area contributed by atoms with Crippen LogP contribution in [0, 0.1) is 23.7 Å². The van der Waals surface area contributed by atoms with Crippen molar-refractivity contribution in [1.82, 2.24) is 64.9 Å². The summed E-state index contributed by atoms with van der Waals surface area (Å²) in [5, 5.41) is 7.98. The number of alkyl halides is 3. The fraction of sp³-hybridized carbons (Fsp3) is 0.743. The Labute approximate surface area is 615 Å². The molecule has 1 aromatic carbocycles. The zero-order valence-corrected chi connectivity index (χ0v) is 64.2. The first-order valence-corrected chi connectivity index (χ1v) is 37.6. The lowest BCUT2D eigenvalue weighted by atomic mass is 9.84. The van der Waals surface area contributed by atoms with Crippen molar-refractivity contribution in [2.45, 2.75) is 242 Å². The number of benzene rings is 1. The van der Waals surface area contributed by atoms with E-state index in [0.717, 1.165) is 58.9 Å². The molecule has 3 aliphatic heterocycles. The van der Waals surface area contributed by atoms with Gasteiger partial charge >= 0.3 is 6.18 Å². The van der Waals surface area contributed by atoms with Crippen LogP contribution >= 0.6 is 11.6 Å². The molecule has 1 aromatic rings. The molecule has 26 nitrogen and oxygen atoms in total. The van der Waals surface area contributed by atoms with Crippen molar-refractivity contribution in [3.05, 3.63) is 34.3 Å². The number of nitrogens with zero attached hydrogens (tertiary/aromatic N) is 10. The molecule has 7 rings (SSSR count). The second-order valence-corrected chi connectivity index (χ2v) is 31.2. The van der Waals surface area contributed by atoms with Gasteiger partial charge in [-0.05, 0) is 112 Å². The Bertz CT molecular complexity index is 3320. The predicted octanol–water partition coefficient (Wildman–Crippen LogP) is 5.10. The molecule has 30 heteroatoms. The summed E-state index contributed by atoms with van der Waals surface area (Å²) in [7, 11) is 12.6. The number of carbonyl (C=O) groups excluding carboxylic acids is 13. The molecule has 0 bridgehead atoms. The van der Waals surface area contributed by atoms with Gasteiger partial charge in [0, 0.05) is 83.1 Å². The van der Waals surface area contributed by atoms with Gasteiger partial charge in [-0.15, -0.1) is 0 Å². The Balaban J connectivity index is 1.33. The van der Waals surface area contributed by atoms with Crippen LogP contribution in [0.1, 0.15) is 181 Å². The lowest BCUT2D eigenvalue weighted by Gasteiger charge is -2.45. The Hall–Kier alpha value is -7.59. The van der Waals surface area contributed by atoms with E-state index < -0.39 is 185 Å². The first kappa shape index (κ1) is 83.7. The van der Waals surface area contributed by atoms with Crippen LogP contribution < -0.4 is 16.0 Å². The number of rotatable bonds is 13. The van der Waals surface area contributed by atoms with Crippen LogP contribution in [0.2, 0.25) is 5.02 Å². The topological polar surface area (TPSA) is 290 Å². The molecule has 0 unspecified atom stereocenters. The van der Waals surface area contributed by atoms with Gasteiger partial charge in [-0.1, -0.05) is 110 Å². The Morgan fingerprint density at radius 3 is 1.83 bits per heavy atom. The zero-order valence-electron chi connectivity index (χ0n) is 63.4. The summed E-state index contributed by atoms with van der Waals surface area (Å²) >= 11 is 6.18. The highest BCUT2D eigenvalue weighted by Crippen LogP contribution is 2.39. The van der Waals surface area contributed by atoms with Gasteiger partial charge in [-0.2, -0.15) is 13.2 Å². The second-order valence-electron chi connectivity index (χ2n) is 30.8. The largest absolute Gasteiger partial charge is 0.417 e. The molecule has 580 valence electrons. The number of fused-ring (bicyclic) bond motifs is 1. The van der Waals surface area contributed by atoms with Crippen molar-refractivity contribution in [3.8, 4) is 0 Å². The normalized spacial score (nSPS) is 27.3. The van der Waals surface area contributed by atoms with Crippen molar-refractivity contribution < 1.29 is 75.5 Å². The third-order valence-corrected chi connectivity index (χ3v) is 23.3. The number of likely N-dealkylation sites (N-methyl/N-ethyl adjacent to an activating group) is 8. The molecule has 3 heterocycles. The summed E-state index contributed by atoms with van der Waals surface area (Å²) in [6.07, 6.45) is 2.67. The van der Waals surface area contributed by atoms with E-state index in [4.69, 9.17) is 11.6 Å². The van der Waals surface area contributed by atoms with E-state index in [0.29, 0.717) is 64.5 Å². The summed E-state index contributed by atoms with van der Waals surface area (Å²) < 4.78 is 41.9. The molecule has 3 N–H and O–H groups in total. The van der Waals surface area contributed by atoms with Gasteiger partial charge in [0.1, 0.15) is 59.9 Å². The molecular formula is C74H113ClF3N13O13. The van der Waals surface area contributed by atoms with Gasteiger partial charge in [0.2, 0.25) is 76.8 Å². The fourth-order valence-electron chi connectivity index (χ4n) is 15.7. The van der Waals surface area contributed by atoms with E-state index in [2.05, 4.69) is 16.0 Å². The number of amides is 13. The molecule has 1 spiro atoms. The minimum Gasteiger partial charge on any atom is -0.347 e. The standard InChI is InChI=1S/C74H113ClF3N13O13/c1-15-45(4)61-70(102)84(9)46(5)65(97)91-37-32-53(91)69(101)87(12)56(40-47-24-17-16-18-25-47)68(100)83(8)43-58(92)79-52(31-29-48-28-30-50(51(75)39-48)74(76,77)78)66(98)86(11)55(41-60(94)90-35-23-36-90)64(96)81-73(33-21-22-34-73)72(104)89(14)62(49-26-19-20-27-49)71(103)88(13)57(67(99)82(6)7)42-59(93)85(10)54(38-44(2)3)63(95)80-61/h28,30,39,44-47,49,52-57,61-62H,15-27,29,31-38,40-43H2,1-14H3,(H,79,92)(H,80,95)(H,81,96)/t45-,46-,52-,53-,54-,55-,56-,57-,61-,62-/m0/s1. The van der Waals surface area contributed by atoms with Crippen LogP contribution in [0.3, 0.4) is 0 Å². The number of carbonyl (C=O) groups is 13. The monoisotopic (exact) mass is 1480 g/mol. The Morgan fingerprint density at radius 2 is 1.28 bits per heavy atom. The highest BCUT2D eigenvalue weighted by molar-refractivity contribution is 6.31. The zero-order chi connectivity index (χ0) is 77.1. The quantitative estimate of drug-likeness (QED) is 0.232. The maximum atomic E-state index is 15.8. The third-order valence-electron chi connectivity index (χ3n) is 23.0. The molecule has 6 aliphatic rings. The molecular weight excluding hydrogens is 1370 g/mol. The second kappa shape index (κ2) is 36.1. The molecule has 10 atom stereocenters. The van der Waals surface area contributed by atoms with E-state index in [9.17, 15) is 51.5 Å². The van der Waals surface area contributed by atoms with E-state index in [1.807, 2.05) is 20.8 Å². The lowest BCUT2D eigenvalue weighted by Crippen LogP contribution is -2.65. The average molecular weight is 1490 g/mol. The van der Waals surface area contributed by atoms with Crippen molar-refractivity contribution in [3.63, 3.8) is 0 Å². The number of nitrogens with one attached hydrogen (secondary N) is 3. The summed E-state index contributed by atoms with van der Waals surface area (Å²) in [5.41, 5.74) is -2.60. The van der Waals surface area contributed by atoms with Gasteiger partial charge in [-0.25, -0.2) is 0 Å². The maximum absolute atomic E-state index is 15.8. The van der Waals surface area contributed by atoms with Crippen LogP contribution in [0.5, 0.6) is 0 Å². The molecule has 3 saturated heterocycles. The van der Waals surface area contributed by atoms with E-state index >= 15 is 24.0 Å². The van der Waals surface area contributed by atoms with Crippen molar-refractivity contribution in [2.24, 2.45) is 23.7 Å². The number of aryl methyl sites for hydroxylation is 1. The summed E-state index contributed by atoms with van der Waals surface area (Å²) in [6.45, 7) is 8.95. The minimum absolute atomic E-state index is 0.0107. The van der Waals surface area contributed by atoms with Crippen LogP contribution in [0.4, 0.5) is 13.2 Å². The molecule has 3 saturated carbocycles. The number of hydrogen-bond acceptors (Lipinski definition) is 13. The van der Waals surface area contributed by atoms with Crippen LogP contribution in [0.25, 0.3) is 0 Å². The van der Waals surface area contributed by atoms with E-state index in [1.54, 1.807) is 6.92 Å². The van der Waals surface area contributed by atoms with Crippen LogP contribution in [-0.4, -0.2) is 275 Å². The smallest absolute Gasteiger partial charge is 0.347 e. The van der Waals surface area contributed by atoms with Gasteiger partial charge in [-0.3, -0.25) is 62.3 Å². The molecule has 3 aliphatic carbocycles. The number of likely N-dealkylation sites (tertiary alicyclic amines) is 1. The Morgan fingerprint density at radius 1 is 0.663 bits per heavy atom. The minimum atomic E-state index is -4.80. The van der Waals surface area contributed by atoms with Crippen molar-refractivity contribution >= 4 is 88.4 Å². The lowest BCUT2D eigenvalue weighted by molar-refractivity contribution is -0.160. The van der Waals surface area contributed by atoms with E-state index in [-0.39, 0.29) is 68.9 Å². The first-order chi connectivity index (χ1) is 48.8. The summed E-state index contributed by atoms with van der Waals surface area (Å²) in [5.74, 6) is -10.3. The molecule has 6 fully saturated rings. The summed E-state index contributed by atoms with van der Waals surface area (Å²) in [6, 6.07) is -8.81. The van der Waals surface area contributed by atoms with Crippen molar-refractivity contribution in [1.29, 1.82) is 0 Å². The molecule has 104 heavy (non-hydrogen) atoms. The maximum Gasteiger partial charge on any atom is 0.417 e. The highest BCUT2D eigenvalue weighted by Gasteiger charge is 2.52. The molecule has 0 radical (unpaired) electrons. The van der Waals surface area contributed by atoms with Gasteiger partial charge in [0.15, 0.2) is 0 Å². The SMILES string of the molecule is CC[C@H](C)[C@@H]1NC(=O)[C@H](CC(C)C)N(C)C(=O)C[C@@H](C(=O)N(C)C)N(C)C(=O)[C@H](C2CCCC2)N(C)C(=O)C2(CCCC2)NC(=O)[C@H](CC(=O)N2CCC2)N(C)C(=O)[C@H](CCc2ccc(C(F)(F)F)c(Cl)c2)NC(=O)CN(C)C(=O)[C@H](CC2CCCCC2)N(C)C(=O)[C@@H]2CCN2C(=O)[C@H](C)N(C)C1=O. The first-order valence-electron chi connectivity index (χ1n) is 37.3. The van der Waals surface area contributed by atoms with Gasteiger partial charge in [0.05, 0.1) is 30.0 Å². The number of hydrogen-bond donors (Lipinski definition) is 3. The average Bonchev–Trinajstić information content (AvgIpc) is 1.50. The Kier molecular flexibility index (Phi) is 29.1. The molecule has 0 aromatic heterocycles. The summed E-state index contributed by atoms with van der Waals surface area (Å²) in [4.78, 5) is 207. The number of halogens is 4. The fourth-order valence-corrected chi connectivity index (χ4v) is 16.0. The third kappa shape index (κ3) is 19.7. The van der Waals surface area contributed by atoms with Crippen LogP contribution in [-0.2, 0) is 74.9 Å². The highest BCUT2D eigenvalue weighted by atomic mass is 35.5. The van der Waals surface area contributed by atoms with Gasteiger partial charge in [0.25, 0.3) is 0 Å². The van der Waals surface area contributed by atoms with Gasteiger partial charge < -0.3 is 64.9 Å².